The third kappa shape index (κ3) is 5.39. The molecule has 0 spiro atoms. The molecule has 0 atom stereocenters. The lowest BCUT2D eigenvalue weighted by atomic mass is 10.0. The number of ether oxygens (including phenoxy) is 1. The summed E-state index contributed by atoms with van der Waals surface area (Å²) < 4.78 is 20.9. The monoisotopic (exact) mass is 450 g/mol. The van der Waals surface area contributed by atoms with Crippen molar-refractivity contribution in [1.82, 2.24) is 14.5 Å². The average molecular weight is 451 g/mol. The fourth-order valence-electron chi connectivity index (χ4n) is 4.00. The highest BCUT2D eigenvalue weighted by atomic mass is 19.1. The van der Waals surface area contributed by atoms with Crippen LogP contribution in [0.4, 0.5) is 19.7 Å². The number of piperidine rings is 1. The molecule has 1 aromatic heterocycles. The second-order valence-corrected chi connectivity index (χ2v) is 8.02. The van der Waals surface area contributed by atoms with Crippen molar-refractivity contribution < 1.29 is 18.7 Å². The zero-order valence-corrected chi connectivity index (χ0v) is 18.6. The van der Waals surface area contributed by atoms with Crippen LogP contribution in [0.1, 0.15) is 31.0 Å². The summed E-state index contributed by atoms with van der Waals surface area (Å²) in [5.41, 5.74) is 2.21. The minimum absolute atomic E-state index is 0.190. The number of halogens is 1. The van der Waals surface area contributed by atoms with Crippen LogP contribution in [0.25, 0.3) is 0 Å². The van der Waals surface area contributed by atoms with E-state index in [9.17, 15) is 14.0 Å². The van der Waals surface area contributed by atoms with E-state index in [1.165, 1.54) is 23.0 Å². The molecule has 0 unspecified atom stereocenters. The molecule has 1 fully saturated rings. The first kappa shape index (κ1) is 22.5. The molecule has 172 valence electrons. The van der Waals surface area contributed by atoms with Crippen molar-refractivity contribution in [3.63, 3.8) is 0 Å². The van der Waals surface area contributed by atoms with Crippen LogP contribution in [0.15, 0.2) is 67.1 Å². The van der Waals surface area contributed by atoms with Crippen molar-refractivity contribution >= 4 is 17.8 Å². The number of carbonyl (C=O) groups is 2. The van der Waals surface area contributed by atoms with E-state index in [-0.39, 0.29) is 24.8 Å². The van der Waals surface area contributed by atoms with Crippen LogP contribution < -0.4 is 4.90 Å². The maximum Gasteiger partial charge on any atom is 0.410 e. The highest BCUT2D eigenvalue weighted by Gasteiger charge is 2.32. The molecule has 0 radical (unpaired) electrons. The summed E-state index contributed by atoms with van der Waals surface area (Å²) in [6.07, 6.45) is 4.64. The van der Waals surface area contributed by atoms with Crippen molar-refractivity contribution in [2.45, 2.75) is 38.8 Å². The first-order valence-corrected chi connectivity index (χ1v) is 11.1. The Morgan fingerprint density at radius 3 is 2.55 bits per heavy atom. The van der Waals surface area contributed by atoms with E-state index in [1.807, 2.05) is 37.3 Å². The van der Waals surface area contributed by atoms with E-state index in [2.05, 4.69) is 4.98 Å². The highest BCUT2D eigenvalue weighted by molar-refractivity contribution is 5.94. The van der Waals surface area contributed by atoms with E-state index < -0.39 is 5.82 Å². The molecule has 7 nitrogen and oxygen atoms in total. The number of hydrogen-bond acceptors (Lipinski definition) is 4. The standard InChI is InChI=1S/C25H27FN4O3/c1-2-21-16-29(18-27-21)24(31)30(23-10-6-9-20(26)15-23)22-11-13-28(14-12-22)25(32)33-17-19-7-4-3-5-8-19/h3-10,15-16,18,22H,2,11-14,17H2,1H3. The Hall–Kier alpha value is -3.68. The summed E-state index contributed by atoms with van der Waals surface area (Å²) in [6, 6.07) is 15.1. The normalized spacial score (nSPS) is 14.2. The number of carbonyl (C=O) groups excluding carboxylic acids is 2. The predicted octanol–water partition coefficient (Wildman–Crippen LogP) is 4.86. The lowest BCUT2D eigenvalue weighted by Crippen LogP contribution is -2.50. The summed E-state index contributed by atoms with van der Waals surface area (Å²) in [6.45, 7) is 3.07. The lowest BCUT2D eigenvalue weighted by molar-refractivity contribution is 0.0871. The van der Waals surface area contributed by atoms with Crippen LogP contribution in [-0.2, 0) is 17.8 Å². The van der Waals surface area contributed by atoms with Gasteiger partial charge in [0.1, 0.15) is 18.8 Å². The lowest BCUT2D eigenvalue weighted by Gasteiger charge is -2.38. The largest absolute Gasteiger partial charge is 0.445 e. The van der Waals surface area contributed by atoms with Gasteiger partial charge in [0, 0.05) is 31.0 Å². The topological polar surface area (TPSA) is 67.7 Å². The maximum atomic E-state index is 14.0. The maximum absolute atomic E-state index is 14.0. The number of aromatic nitrogens is 2. The third-order valence-electron chi connectivity index (χ3n) is 5.80. The van der Waals surface area contributed by atoms with Gasteiger partial charge < -0.3 is 9.64 Å². The molecule has 0 aliphatic carbocycles. The number of hydrogen-bond donors (Lipinski definition) is 0. The number of rotatable bonds is 5. The molecule has 2 aromatic carbocycles. The minimum atomic E-state index is -0.410. The molecule has 33 heavy (non-hydrogen) atoms. The van der Waals surface area contributed by atoms with E-state index in [4.69, 9.17) is 4.74 Å². The van der Waals surface area contributed by atoms with Crippen molar-refractivity contribution in [3.05, 3.63) is 84.2 Å². The van der Waals surface area contributed by atoms with Gasteiger partial charge in [0.25, 0.3) is 0 Å². The molecule has 8 heteroatoms. The molecule has 1 saturated heterocycles. The zero-order chi connectivity index (χ0) is 23.2. The summed E-state index contributed by atoms with van der Waals surface area (Å²) >= 11 is 0. The number of imidazole rings is 1. The van der Waals surface area contributed by atoms with Crippen LogP contribution in [0.2, 0.25) is 0 Å². The number of anilines is 1. The third-order valence-corrected chi connectivity index (χ3v) is 5.80. The SMILES string of the molecule is CCc1cn(C(=O)N(c2cccc(F)c2)C2CCN(C(=O)OCc3ccccc3)CC2)cn1. The van der Waals surface area contributed by atoms with Gasteiger partial charge in [0.05, 0.1) is 5.69 Å². The summed E-state index contributed by atoms with van der Waals surface area (Å²) in [7, 11) is 0. The minimum Gasteiger partial charge on any atom is -0.445 e. The summed E-state index contributed by atoms with van der Waals surface area (Å²) in [5, 5.41) is 0. The molecule has 0 saturated carbocycles. The van der Waals surface area contributed by atoms with Gasteiger partial charge in [-0.3, -0.25) is 9.47 Å². The fraction of sp³-hybridized carbons (Fsp3) is 0.320. The number of aryl methyl sites for hydroxylation is 1. The van der Waals surface area contributed by atoms with Gasteiger partial charge in [-0.15, -0.1) is 0 Å². The predicted molar refractivity (Wildman–Crippen MR) is 123 cm³/mol. The van der Waals surface area contributed by atoms with E-state index >= 15 is 0 Å². The van der Waals surface area contributed by atoms with Gasteiger partial charge in [-0.25, -0.2) is 19.0 Å². The Kier molecular flexibility index (Phi) is 7.02. The van der Waals surface area contributed by atoms with Gasteiger partial charge in [-0.2, -0.15) is 0 Å². The van der Waals surface area contributed by atoms with E-state index in [0.717, 1.165) is 11.3 Å². The van der Waals surface area contributed by atoms with Crippen LogP contribution in [-0.4, -0.2) is 45.7 Å². The first-order chi connectivity index (χ1) is 16.0. The molecule has 4 rings (SSSR count). The van der Waals surface area contributed by atoms with Gasteiger partial charge in [0.2, 0.25) is 0 Å². The number of nitrogens with zero attached hydrogens (tertiary/aromatic N) is 4. The Morgan fingerprint density at radius 2 is 1.88 bits per heavy atom. The number of benzene rings is 2. The van der Waals surface area contributed by atoms with Gasteiger partial charge >= 0.3 is 12.1 Å². The smallest absolute Gasteiger partial charge is 0.410 e. The molecule has 3 aromatic rings. The molecule has 0 bridgehead atoms. The van der Waals surface area contributed by atoms with Crippen molar-refractivity contribution in [1.29, 1.82) is 0 Å². The van der Waals surface area contributed by atoms with Gasteiger partial charge in [-0.05, 0) is 43.0 Å². The second-order valence-electron chi connectivity index (χ2n) is 8.02. The van der Waals surface area contributed by atoms with E-state index in [0.29, 0.717) is 38.0 Å². The summed E-state index contributed by atoms with van der Waals surface area (Å²) in [5.74, 6) is -0.410. The molecule has 2 amide bonds. The summed E-state index contributed by atoms with van der Waals surface area (Å²) in [4.78, 5) is 33.4. The Morgan fingerprint density at radius 1 is 1.12 bits per heavy atom. The Labute approximate surface area is 192 Å². The quantitative estimate of drug-likeness (QED) is 0.557. The van der Waals surface area contributed by atoms with Crippen LogP contribution in [0.3, 0.4) is 0 Å². The van der Waals surface area contributed by atoms with Crippen LogP contribution in [0.5, 0.6) is 0 Å². The molecule has 2 heterocycles. The van der Waals surface area contributed by atoms with Crippen LogP contribution in [0, 0.1) is 5.82 Å². The fourth-order valence-corrected chi connectivity index (χ4v) is 4.00. The van der Waals surface area contributed by atoms with Crippen molar-refractivity contribution in [2.75, 3.05) is 18.0 Å². The first-order valence-electron chi connectivity index (χ1n) is 11.1. The number of amides is 2. The Bertz CT molecular complexity index is 1090. The number of likely N-dealkylation sites (tertiary alicyclic amines) is 1. The molecule has 1 aliphatic heterocycles. The average Bonchev–Trinajstić information content (AvgIpc) is 3.33. The zero-order valence-electron chi connectivity index (χ0n) is 18.6. The highest BCUT2D eigenvalue weighted by Crippen LogP contribution is 2.26. The van der Waals surface area contributed by atoms with Crippen molar-refractivity contribution in [2.24, 2.45) is 0 Å². The molecular weight excluding hydrogens is 423 g/mol. The molecular formula is C25H27FN4O3. The van der Waals surface area contributed by atoms with Crippen molar-refractivity contribution in [3.8, 4) is 0 Å². The van der Waals surface area contributed by atoms with Gasteiger partial charge in [-0.1, -0.05) is 43.3 Å². The van der Waals surface area contributed by atoms with Gasteiger partial charge in [0.15, 0.2) is 0 Å². The Balaban J connectivity index is 1.45. The molecule has 0 N–H and O–H groups in total. The van der Waals surface area contributed by atoms with Crippen LogP contribution >= 0.6 is 0 Å². The second kappa shape index (κ2) is 10.3. The molecule has 1 aliphatic rings. The van der Waals surface area contributed by atoms with E-state index in [1.54, 1.807) is 28.1 Å².